The minimum atomic E-state index is -4.72. The molecular formula is C26H27F3N4O. The zero-order chi connectivity index (χ0) is 24.3. The number of halogens is 3. The zero-order valence-corrected chi connectivity index (χ0v) is 18.8. The first kappa shape index (κ1) is 23.8. The highest BCUT2D eigenvalue weighted by molar-refractivity contribution is 6.12. The van der Waals surface area contributed by atoms with Crippen LogP contribution in [0.4, 0.5) is 24.7 Å². The third kappa shape index (κ3) is 5.07. The molecule has 5 nitrogen and oxygen atoms in total. The fraction of sp³-hybridized carbons (Fsp3) is 0.308. The second-order valence-corrected chi connectivity index (χ2v) is 8.50. The van der Waals surface area contributed by atoms with Crippen molar-refractivity contribution in [3.05, 3.63) is 89.1 Å². The third-order valence-corrected chi connectivity index (χ3v) is 6.05. The number of nitrogens with two attached hydrogens (primary N) is 1. The van der Waals surface area contributed by atoms with Gasteiger partial charge in [0.2, 0.25) is 5.78 Å². The van der Waals surface area contributed by atoms with Crippen molar-refractivity contribution in [3.8, 4) is 0 Å². The summed E-state index contributed by atoms with van der Waals surface area (Å²) >= 11 is 0. The summed E-state index contributed by atoms with van der Waals surface area (Å²) in [5.41, 5.74) is 5.39. The van der Waals surface area contributed by atoms with Gasteiger partial charge in [-0.1, -0.05) is 55.8 Å². The Balaban J connectivity index is 1.74. The Morgan fingerprint density at radius 2 is 1.76 bits per heavy atom. The Morgan fingerprint density at radius 1 is 1.06 bits per heavy atom. The molecule has 0 saturated carbocycles. The lowest BCUT2D eigenvalue weighted by Crippen LogP contribution is -2.52. The molecule has 0 spiro atoms. The van der Waals surface area contributed by atoms with Gasteiger partial charge in [0.25, 0.3) is 0 Å². The van der Waals surface area contributed by atoms with Gasteiger partial charge in [0.1, 0.15) is 11.5 Å². The molecule has 34 heavy (non-hydrogen) atoms. The van der Waals surface area contributed by atoms with Crippen molar-refractivity contribution in [2.24, 2.45) is 0 Å². The largest absolute Gasteiger partial charge is 0.418 e. The first-order chi connectivity index (χ1) is 16.3. The van der Waals surface area contributed by atoms with Crippen LogP contribution in [-0.2, 0) is 6.18 Å². The van der Waals surface area contributed by atoms with Gasteiger partial charge in [0, 0.05) is 30.4 Å². The van der Waals surface area contributed by atoms with Crippen LogP contribution in [0.5, 0.6) is 0 Å². The lowest BCUT2D eigenvalue weighted by molar-refractivity contribution is -0.138. The minimum absolute atomic E-state index is 0.00369. The molecule has 1 fully saturated rings. The molecule has 0 aliphatic carbocycles. The van der Waals surface area contributed by atoms with E-state index in [2.05, 4.69) is 17.2 Å². The molecule has 178 valence electrons. The maximum absolute atomic E-state index is 13.8. The van der Waals surface area contributed by atoms with Gasteiger partial charge in [-0.3, -0.25) is 4.79 Å². The van der Waals surface area contributed by atoms with E-state index >= 15 is 0 Å². The van der Waals surface area contributed by atoms with Gasteiger partial charge in [-0.2, -0.15) is 13.2 Å². The number of hydrogen-bond acceptors (Lipinski definition) is 5. The summed E-state index contributed by atoms with van der Waals surface area (Å²) in [6.07, 6.45) is -2.85. The van der Waals surface area contributed by atoms with E-state index in [4.69, 9.17) is 5.73 Å². The SMILES string of the molecule is CCC[C@H]1CN(c2ccc(C(F)(F)F)c(C(=O)c3ccccc3N)n2)C[C@H](c2ccccc2)N1. The summed E-state index contributed by atoms with van der Waals surface area (Å²) in [5, 5.41) is 3.64. The van der Waals surface area contributed by atoms with Crippen LogP contribution in [0.1, 0.15) is 53.0 Å². The number of ketones is 1. The van der Waals surface area contributed by atoms with Crippen LogP contribution >= 0.6 is 0 Å². The van der Waals surface area contributed by atoms with Crippen molar-refractivity contribution >= 4 is 17.3 Å². The lowest BCUT2D eigenvalue weighted by Gasteiger charge is -2.40. The number of nitrogens with zero attached hydrogens (tertiary/aromatic N) is 2. The second kappa shape index (κ2) is 9.85. The standard InChI is InChI=1S/C26H27F3N4O/c1-2-8-18-15-33(16-22(31-18)17-9-4-3-5-10-17)23-14-13-20(26(27,28)29)24(32-23)25(34)19-11-6-7-12-21(19)30/h3-7,9-14,18,22,31H,2,8,15-16,30H2,1H3/t18-,22+/m0/s1. The molecule has 0 amide bonds. The molecule has 0 unspecified atom stereocenters. The van der Waals surface area contributed by atoms with E-state index in [1.807, 2.05) is 35.2 Å². The molecule has 3 N–H and O–H groups in total. The Labute approximate surface area is 196 Å². The highest BCUT2D eigenvalue weighted by Crippen LogP contribution is 2.35. The maximum atomic E-state index is 13.8. The van der Waals surface area contributed by atoms with Gasteiger partial charge in [0.05, 0.1) is 11.6 Å². The van der Waals surface area contributed by atoms with E-state index in [-0.39, 0.29) is 23.3 Å². The first-order valence-corrected chi connectivity index (χ1v) is 11.3. The summed E-state index contributed by atoms with van der Waals surface area (Å²) < 4.78 is 41.4. The fourth-order valence-corrected chi connectivity index (χ4v) is 4.41. The number of pyridine rings is 1. The Hall–Kier alpha value is -3.39. The topological polar surface area (TPSA) is 71.2 Å². The number of aromatic nitrogens is 1. The second-order valence-electron chi connectivity index (χ2n) is 8.50. The molecule has 0 radical (unpaired) electrons. The van der Waals surface area contributed by atoms with Gasteiger partial charge in [-0.05, 0) is 36.2 Å². The summed E-state index contributed by atoms with van der Waals surface area (Å²) in [5.74, 6) is -0.499. The van der Waals surface area contributed by atoms with Crippen molar-refractivity contribution < 1.29 is 18.0 Å². The number of piperazine rings is 1. The predicted octanol–water partition coefficient (Wildman–Crippen LogP) is 5.23. The van der Waals surface area contributed by atoms with E-state index in [0.717, 1.165) is 24.5 Å². The Bertz CT molecular complexity index is 1150. The normalized spacial score (nSPS) is 18.6. The van der Waals surface area contributed by atoms with E-state index in [1.165, 1.54) is 18.2 Å². The molecule has 2 heterocycles. The van der Waals surface area contributed by atoms with E-state index in [0.29, 0.717) is 18.9 Å². The molecule has 2 aromatic carbocycles. The molecule has 1 saturated heterocycles. The quantitative estimate of drug-likeness (QED) is 0.383. The smallest absolute Gasteiger partial charge is 0.398 e. The van der Waals surface area contributed by atoms with Crippen LogP contribution in [0.15, 0.2) is 66.7 Å². The van der Waals surface area contributed by atoms with Crippen LogP contribution in [-0.4, -0.2) is 29.9 Å². The average Bonchev–Trinajstić information content (AvgIpc) is 2.83. The van der Waals surface area contributed by atoms with Crippen molar-refractivity contribution in [2.45, 2.75) is 38.0 Å². The number of hydrogen-bond donors (Lipinski definition) is 2. The summed E-state index contributed by atoms with van der Waals surface area (Å²) in [6, 6.07) is 18.4. The molecular weight excluding hydrogens is 441 g/mol. The number of nitrogens with one attached hydrogen (secondary N) is 1. The summed E-state index contributed by atoms with van der Waals surface area (Å²) in [6.45, 7) is 3.19. The van der Waals surface area contributed by atoms with Gasteiger partial charge >= 0.3 is 6.18 Å². The van der Waals surface area contributed by atoms with Crippen molar-refractivity contribution in [2.75, 3.05) is 23.7 Å². The van der Waals surface area contributed by atoms with Crippen molar-refractivity contribution in [1.82, 2.24) is 10.3 Å². The summed E-state index contributed by atoms with van der Waals surface area (Å²) in [4.78, 5) is 19.4. The highest BCUT2D eigenvalue weighted by atomic mass is 19.4. The highest BCUT2D eigenvalue weighted by Gasteiger charge is 2.38. The van der Waals surface area contributed by atoms with Crippen LogP contribution in [0.25, 0.3) is 0 Å². The number of para-hydroxylation sites is 1. The predicted molar refractivity (Wildman–Crippen MR) is 127 cm³/mol. The first-order valence-electron chi connectivity index (χ1n) is 11.3. The van der Waals surface area contributed by atoms with E-state index in [9.17, 15) is 18.0 Å². The molecule has 1 aromatic heterocycles. The number of rotatable bonds is 6. The molecule has 0 bridgehead atoms. The molecule has 4 rings (SSSR count). The van der Waals surface area contributed by atoms with E-state index < -0.39 is 23.2 Å². The van der Waals surface area contributed by atoms with Crippen LogP contribution in [0.2, 0.25) is 0 Å². The number of anilines is 2. The van der Waals surface area contributed by atoms with Crippen LogP contribution in [0.3, 0.4) is 0 Å². The number of carbonyl (C=O) groups is 1. The number of carbonyl (C=O) groups excluding carboxylic acids is 1. The zero-order valence-electron chi connectivity index (χ0n) is 18.8. The molecule has 8 heteroatoms. The molecule has 2 atom stereocenters. The summed E-state index contributed by atoms with van der Waals surface area (Å²) in [7, 11) is 0. The Morgan fingerprint density at radius 3 is 2.44 bits per heavy atom. The number of benzene rings is 2. The fourth-order valence-electron chi connectivity index (χ4n) is 4.41. The van der Waals surface area contributed by atoms with Crippen molar-refractivity contribution in [1.29, 1.82) is 0 Å². The maximum Gasteiger partial charge on any atom is 0.418 e. The molecule has 1 aliphatic heterocycles. The Kier molecular flexibility index (Phi) is 6.88. The monoisotopic (exact) mass is 468 g/mol. The minimum Gasteiger partial charge on any atom is -0.398 e. The van der Waals surface area contributed by atoms with Crippen molar-refractivity contribution in [3.63, 3.8) is 0 Å². The third-order valence-electron chi connectivity index (χ3n) is 6.05. The number of nitrogen functional groups attached to an aromatic ring is 1. The lowest BCUT2D eigenvalue weighted by atomic mass is 9.99. The van der Waals surface area contributed by atoms with Gasteiger partial charge in [-0.25, -0.2) is 4.98 Å². The van der Waals surface area contributed by atoms with E-state index in [1.54, 1.807) is 12.1 Å². The molecule has 1 aliphatic rings. The average molecular weight is 469 g/mol. The van der Waals surface area contributed by atoms with Crippen LogP contribution in [0, 0.1) is 0 Å². The molecule has 3 aromatic rings. The van der Waals surface area contributed by atoms with Gasteiger partial charge in [-0.15, -0.1) is 0 Å². The van der Waals surface area contributed by atoms with Gasteiger partial charge < -0.3 is 16.0 Å². The van der Waals surface area contributed by atoms with Crippen LogP contribution < -0.4 is 16.0 Å². The number of alkyl halides is 3. The van der Waals surface area contributed by atoms with Gasteiger partial charge in [0.15, 0.2) is 0 Å².